The molecule has 1 heterocycles. The molecule has 1 aromatic heterocycles. The second-order valence-electron chi connectivity index (χ2n) is 3.95. The number of nitrogens with two attached hydrogens (primary N) is 1. The quantitative estimate of drug-likeness (QED) is 0.766. The third kappa shape index (κ3) is 3.64. The van der Waals surface area contributed by atoms with Crippen molar-refractivity contribution >= 4 is 0 Å². The van der Waals surface area contributed by atoms with Crippen molar-refractivity contribution in [3.05, 3.63) is 18.0 Å². The highest BCUT2D eigenvalue weighted by Gasteiger charge is 2.11. The normalized spacial score (nSPS) is 13.4. The smallest absolute Gasteiger partial charge is 0.0537 e. The molecular formula is C11H22N4. The highest BCUT2D eigenvalue weighted by Crippen LogP contribution is 2.10. The summed E-state index contributed by atoms with van der Waals surface area (Å²) in [7, 11) is 1.92. The Balaban J connectivity index is 2.50. The van der Waals surface area contributed by atoms with Gasteiger partial charge in [-0.25, -0.2) is 0 Å². The molecule has 86 valence electrons. The predicted octanol–water partition coefficient (Wildman–Crippen LogP) is 1.15. The van der Waals surface area contributed by atoms with E-state index in [1.807, 2.05) is 19.4 Å². The fourth-order valence-corrected chi connectivity index (χ4v) is 1.71. The van der Waals surface area contributed by atoms with Crippen molar-refractivity contribution in [2.45, 2.75) is 26.3 Å². The van der Waals surface area contributed by atoms with Crippen LogP contribution in [0.2, 0.25) is 0 Å². The first-order valence-corrected chi connectivity index (χ1v) is 5.63. The average Bonchev–Trinajstić information content (AvgIpc) is 2.64. The number of hydrogen-bond acceptors (Lipinski definition) is 3. The van der Waals surface area contributed by atoms with Gasteiger partial charge in [0, 0.05) is 31.4 Å². The van der Waals surface area contributed by atoms with Gasteiger partial charge in [-0.1, -0.05) is 13.8 Å². The lowest BCUT2D eigenvalue weighted by molar-refractivity contribution is 0.271. The minimum Gasteiger partial charge on any atom is -0.323 e. The van der Waals surface area contributed by atoms with Gasteiger partial charge in [0.25, 0.3) is 0 Å². The fraction of sp³-hybridized carbons (Fsp3) is 0.727. The molecule has 4 heteroatoms. The maximum Gasteiger partial charge on any atom is 0.0537 e. The van der Waals surface area contributed by atoms with Crippen LogP contribution in [0.4, 0.5) is 0 Å². The Morgan fingerprint density at radius 1 is 1.53 bits per heavy atom. The second kappa shape index (κ2) is 5.88. The molecule has 15 heavy (non-hydrogen) atoms. The van der Waals surface area contributed by atoms with Crippen molar-refractivity contribution in [1.29, 1.82) is 0 Å². The lowest BCUT2D eigenvalue weighted by Gasteiger charge is -2.22. The molecule has 1 unspecified atom stereocenters. The highest BCUT2D eigenvalue weighted by atomic mass is 15.2. The lowest BCUT2D eigenvalue weighted by atomic mass is 10.1. The molecule has 0 aliphatic rings. The molecule has 2 N–H and O–H groups in total. The van der Waals surface area contributed by atoms with Crippen molar-refractivity contribution in [3.8, 4) is 0 Å². The van der Waals surface area contributed by atoms with Crippen molar-refractivity contribution < 1.29 is 0 Å². The zero-order valence-corrected chi connectivity index (χ0v) is 9.98. The Hall–Kier alpha value is -0.870. The van der Waals surface area contributed by atoms with Crippen LogP contribution in [0, 0.1) is 0 Å². The number of aryl methyl sites for hydroxylation is 1. The first-order valence-electron chi connectivity index (χ1n) is 5.63. The molecular weight excluding hydrogens is 188 g/mol. The van der Waals surface area contributed by atoms with Gasteiger partial charge >= 0.3 is 0 Å². The second-order valence-corrected chi connectivity index (χ2v) is 3.95. The van der Waals surface area contributed by atoms with Gasteiger partial charge in [-0.05, 0) is 19.5 Å². The maximum atomic E-state index is 6.12. The topological polar surface area (TPSA) is 47.1 Å². The van der Waals surface area contributed by atoms with Gasteiger partial charge in [0.2, 0.25) is 0 Å². The minimum atomic E-state index is 0.0743. The fourth-order valence-electron chi connectivity index (χ4n) is 1.71. The number of likely N-dealkylation sites (N-methyl/N-ethyl adjacent to an activating group) is 1. The van der Waals surface area contributed by atoms with E-state index in [1.165, 1.54) is 6.42 Å². The van der Waals surface area contributed by atoms with Crippen LogP contribution >= 0.6 is 0 Å². The number of rotatable bonds is 6. The van der Waals surface area contributed by atoms with E-state index in [2.05, 4.69) is 23.8 Å². The molecule has 0 aromatic carbocycles. The standard InChI is InChI=1S/C11H22N4/c1-4-6-15(5-2)9-11(12)10-7-13-14(3)8-10/h7-8,11H,4-6,9,12H2,1-3H3. The number of hydrogen-bond donors (Lipinski definition) is 1. The summed E-state index contributed by atoms with van der Waals surface area (Å²) in [5, 5.41) is 4.13. The minimum absolute atomic E-state index is 0.0743. The van der Waals surface area contributed by atoms with Crippen LogP contribution in [0.15, 0.2) is 12.4 Å². The number of nitrogens with zero attached hydrogens (tertiary/aromatic N) is 3. The molecule has 0 spiro atoms. The molecule has 0 saturated carbocycles. The Morgan fingerprint density at radius 3 is 2.73 bits per heavy atom. The Labute approximate surface area is 92.1 Å². The van der Waals surface area contributed by atoms with Crippen LogP contribution in [0.1, 0.15) is 31.9 Å². The molecule has 1 rings (SSSR count). The largest absolute Gasteiger partial charge is 0.323 e. The summed E-state index contributed by atoms with van der Waals surface area (Å²) in [4.78, 5) is 2.37. The predicted molar refractivity (Wildman–Crippen MR) is 62.5 cm³/mol. The van der Waals surface area contributed by atoms with Crippen LogP contribution in [-0.4, -0.2) is 34.3 Å². The first-order chi connectivity index (χ1) is 7.17. The summed E-state index contributed by atoms with van der Waals surface area (Å²) in [6.45, 7) is 7.45. The molecule has 0 fully saturated rings. The molecule has 0 saturated heterocycles. The zero-order chi connectivity index (χ0) is 11.3. The average molecular weight is 210 g/mol. The third-order valence-corrected chi connectivity index (χ3v) is 2.59. The van der Waals surface area contributed by atoms with E-state index >= 15 is 0 Å². The van der Waals surface area contributed by atoms with E-state index in [9.17, 15) is 0 Å². The van der Waals surface area contributed by atoms with Crippen molar-refractivity contribution in [2.24, 2.45) is 12.8 Å². The van der Waals surface area contributed by atoms with Crippen LogP contribution in [-0.2, 0) is 7.05 Å². The van der Waals surface area contributed by atoms with Gasteiger partial charge in [0.05, 0.1) is 6.20 Å². The van der Waals surface area contributed by atoms with Gasteiger partial charge in [-0.15, -0.1) is 0 Å². The monoisotopic (exact) mass is 210 g/mol. The molecule has 0 amide bonds. The molecule has 0 aliphatic carbocycles. The molecule has 4 nitrogen and oxygen atoms in total. The van der Waals surface area contributed by atoms with E-state index in [1.54, 1.807) is 4.68 Å². The Morgan fingerprint density at radius 2 is 2.27 bits per heavy atom. The van der Waals surface area contributed by atoms with E-state index < -0.39 is 0 Å². The molecule has 1 aromatic rings. The van der Waals surface area contributed by atoms with Gasteiger partial charge in [-0.3, -0.25) is 4.68 Å². The number of aromatic nitrogens is 2. The van der Waals surface area contributed by atoms with Crippen molar-refractivity contribution in [2.75, 3.05) is 19.6 Å². The summed E-state index contributed by atoms with van der Waals surface area (Å²) in [6.07, 6.45) is 5.02. The first kappa shape index (κ1) is 12.2. The summed E-state index contributed by atoms with van der Waals surface area (Å²) < 4.78 is 1.80. The maximum absolute atomic E-state index is 6.12. The van der Waals surface area contributed by atoms with Crippen molar-refractivity contribution in [1.82, 2.24) is 14.7 Å². The van der Waals surface area contributed by atoms with Gasteiger partial charge in [0.15, 0.2) is 0 Å². The molecule has 0 bridgehead atoms. The van der Waals surface area contributed by atoms with E-state index in [0.717, 1.165) is 25.2 Å². The van der Waals surface area contributed by atoms with Crippen LogP contribution in [0.3, 0.4) is 0 Å². The molecule has 0 aliphatic heterocycles. The lowest BCUT2D eigenvalue weighted by Crippen LogP contribution is -2.32. The van der Waals surface area contributed by atoms with Crippen LogP contribution < -0.4 is 5.73 Å². The molecule has 1 atom stereocenters. The van der Waals surface area contributed by atoms with Gasteiger partial charge in [0.1, 0.15) is 0 Å². The van der Waals surface area contributed by atoms with Gasteiger partial charge in [-0.2, -0.15) is 5.10 Å². The molecule has 0 radical (unpaired) electrons. The van der Waals surface area contributed by atoms with Crippen LogP contribution in [0.25, 0.3) is 0 Å². The highest BCUT2D eigenvalue weighted by molar-refractivity contribution is 5.09. The van der Waals surface area contributed by atoms with E-state index in [0.29, 0.717) is 0 Å². The van der Waals surface area contributed by atoms with E-state index in [-0.39, 0.29) is 6.04 Å². The summed E-state index contributed by atoms with van der Waals surface area (Å²) in [5.41, 5.74) is 7.24. The van der Waals surface area contributed by atoms with E-state index in [4.69, 9.17) is 5.73 Å². The van der Waals surface area contributed by atoms with Crippen molar-refractivity contribution in [3.63, 3.8) is 0 Å². The summed E-state index contributed by atoms with van der Waals surface area (Å²) in [6, 6.07) is 0.0743. The third-order valence-electron chi connectivity index (χ3n) is 2.59. The Kier molecular flexibility index (Phi) is 4.78. The summed E-state index contributed by atoms with van der Waals surface area (Å²) >= 11 is 0. The zero-order valence-electron chi connectivity index (χ0n) is 9.98. The summed E-state index contributed by atoms with van der Waals surface area (Å²) in [5.74, 6) is 0. The SMILES string of the molecule is CCCN(CC)CC(N)c1cnn(C)c1. The van der Waals surface area contributed by atoms with Crippen LogP contribution in [0.5, 0.6) is 0 Å². The van der Waals surface area contributed by atoms with Gasteiger partial charge < -0.3 is 10.6 Å². The Bertz CT molecular complexity index is 282.